The van der Waals surface area contributed by atoms with E-state index in [1.54, 1.807) is 29.8 Å². The summed E-state index contributed by atoms with van der Waals surface area (Å²) in [7, 11) is 0. The Morgan fingerprint density at radius 2 is 2.16 bits per heavy atom. The van der Waals surface area contributed by atoms with E-state index >= 15 is 0 Å². The zero-order valence-electron chi connectivity index (χ0n) is 10.5. The van der Waals surface area contributed by atoms with Gasteiger partial charge in [-0.2, -0.15) is 0 Å². The second-order valence-corrected chi connectivity index (χ2v) is 4.41. The summed E-state index contributed by atoms with van der Waals surface area (Å²) in [6.07, 6.45) is 6.19. The first-order valence-electron chi connectivity index (χ1n) is 6.02. The Morgan fingerprint density at radius 3 is 2.84 bits per heavy atom. The molecule has 5 heteroatoms. The normalized spacial score (nSPS) is 18.1. The van der Waals surface area contributed by atoms with Crippen LogP contribution in [0.3, 0.4) is 0 Å². The van der Waals surface area contributed by atoms with Crippen molar-refractivity contribution in [2.24, 2.45) is 0 Å². The number of hydrazine groups is 1. The van der Waals surface area contributed by atoms with Crippen molar-refractivity contribution in [3.05, 3.63) is 60.2 Å². The average molecular weight is 254 g/mol. The van der Waals surface area contributed by atoms with Crippen LogP contribution in [0.25, 0.3) is 5.57 Å². The van der Waals surface area contributed by atoms with E-state index in [4.69, 9.17) is 0 Å². The van der Waals surface area contributed by atoms with Gasteiger partial charge in [-0.1, -0.05) is 12.1 Å². The molecule has 2 aromatic heterocycles. The Bertz CT molecular complexity index is 595. The number of nitrogens with zero attached hydrogens (tertiary/aromatic N) is 3. The standard InChI is InChI=1S/C14H14N4O/c1-10-4-5-13(16-7-10)18-14(19)12(9-17-18)11-3-2-6-15-8-11/h2-9,14,17,19H,1H3. The van der Waals surface area contributed by atoms with E-state index in [-0.39, 0.29) is 0 Å². The van der Waals surface area contributed by atoms with E-state index in [1.807, 2.05) is 31.2 Å². The van der Waals surface area contributed by atoms with Crippen molar-refractivity contribution in [3.8, 4) is 0 Å². The fraction of sp³-hybridized carbons (Fsp3) is 0.143. The SMILES string of the molecule is Cc1ccc(N2NC=C(c3cccnc3)C2O)nc1. The van der Waals surface area contributed by atoms with Gasteiger partial charge in [0, 0.05) is 35.9 Å². The van der Waals surface area contributed by atoms with E-state index in [0.29, 0.717) is 5.82 Å². The number of nitrogens with one attached hydrogen (secondary N) is 1. The molecule has 0 spiro atoms. The highest BCUT2D eigenvalue weighted by Crippen LogP contribution is 2.26. The Morgan fingerprint density at radius 1 is 1.26 bits per heavy atom. The van der Waals surface area contributed by atoms with Gasteiger partial charge in [-0.15, -0.1) is 0 Å². The van der Waals surface area contributed by atoms with Crippen molar-refractivity contribution >= 4 is 11.4 Å². The highest BCUT2D eigenvalue weighted by atomic mass is 16.3. The zero-order valence-corrected chi connectivity index (χ0v) is 10.5. The molecule has 0 fully saturated rings. The fourth-order valence-corrected chi connectivity index (χ4v) is 1.98. The topological polar surface area (TPSA) is 61.3 Å². The third-order valence-electron chi connectivity index (χ3n) is 3.02. The summed E-state index contributed by atoms with van der Waals surface area (Å²) >= 11 is 0. The van der Waals surface area contributed by atoms with Crippen molar-refractivity contribution in [3.63, 3.8) is 0 Å². The van der Waals surface area contributed by atoms with Crippen LogP contribution in [0.5, 0.6) is 0 Å². The largest absolute Gasteiger partial charge is 0.368 e. The molecule has 3 heterocycles. The second kappa shape index (κ2) is 4.70. The van der Waals surface area contributed by atoms with Crippen molar-refractivity contribution < 1.29 is 5.11 Å². The number of hydrogen-bond donors (Lipinski definition) is 2. The molecule has 0 aliphatic carbocycles. The van der Waals surface area contributed by atoms with E-state index in [0.717, 1.165) is 16.7 Å². The number of pyridine rings is 2. The van der Waals surface area contributed by atoms with Gasteiger partial charge in [0.1, 0.15) is 5.82 Å². The van der Waals surface area contributed by atoms with Gasteiger partial charge in [-0.05, 0) is 24.6 Å². The lowest BCUT2D eigenvalue weighted by Crippen LogP contribution is -2.38. The number of aliphatic hydroxyl groups excluding tert-OH is 1. The molecule has 3 rings (SSSR count). The molecular formula is C14H14N4O. The third kappa shape index (κ3) is 2.15. The summed E-state index contributed by atoms with van der Waals surface area (Å²) in [5.74, 6) is 0.674. The van der Waals surface area contributed by atoms with Crippen LogP contribution in [0, 0.1) is 6.92 Å². The lowest BCUT2D eigenvalue weighted by molar-refractivity contribution is 0.225. The van der Waals surface area contributed by atoms with Crippen molar-refractivity contribution in [2.75, 3.05) is 5.01 Å². The van der Waals surface area contributed by atoms with Gasteiger partial charge < -0.3 is 10.5 Å². The fourth-order valence-electron chi connectivity index (χ4n) is 1.98. The molecular weight excluding hydrogens is 240 g/mol. The van der Waals surface area contributed by atoms with Crippen LogP contribution in [0.4, 0.5) is 5.82 Å². The Balaban J connectivity index is 1.85. The number of anilines is 1. The molecule has 19 heavy (non-hydrogen) atoms. The number of hydrogen-bond acceptors (Lipinski definition) is 5. The predicted octanol–water partition coefficient (Wildman–Crippen LogP) is 1.47. The highest BCUT2D eigenvalue weighted by Gasteiger charge is 2.27. The van der Waals surface area contributed by atoms with Gasteiger partial charge in [-0.25, -0.2) is 9.99 Å². The van der Waals surface area contributed by atoms with Gasteiger partial charge in [0.25, 0.3) is 0 Å². The van der Waals surface area contributed by atoms with Crippen LogP contribution in [-0.2, 0) is 0 Å². The lowest BCUT2D eigenvalue weighted by Gasteiger charge is -2.23. The first kappa shape index (κ1) is 11.7. The Labute approximate surface area is 111 Å². The molecule has 0 saturated carbocycles. The first-order chi connectivity index (χ1) is 9.25. The summed E-state index contributed by atoms with van der Waals surface area (Å²) in [4.78, 5) is 8.35. The quantitative estimate of drug-likeness (QED) is 0.849. The monoisotopic (exact) mass is 254 g/mol. The molecule has 1 aliphatic heterocycles. The minimum atomic E-state index is -0.778. The van der Waals surface area contributed by atoms with Crippen molar-refractivity contribution in [1.82, 2.24) is 15.4 Å². The van der Waals surface area contributed by atoms with Crippen LogP contribution in [-0.4, -0.2) is 21.3 Å². The minimum absolute atomic E-state index is 0.674. The number of rotatable bonds is 2. The van der Waals surface area contributed by atoms with E-state index in [2.05, 4.69) is 15.4 Å². The van der Waals surface area contributed by atoms with Gasteiger partial charge in [0.15, 0.2) is 6.23 Å². The maximum Gasteiger partial charge on any atom is 0.175 e. The molecule has 2 N–H and O–H groups in total. The summed E-state index contributed by atoms with van der Waals surface area (Å²) in [6.45, 7) is 1.98. The Kier molecular flexibility index (Phi) is 2.89. The minimum Gasteiger partial charge on any atom is -0.368 e. The van der Waals surface area contributed by atoms with Crippen LogP contribution in [0.2, 0.25) is 0 Å². The number of aliphatic hydroxyl groups is 1. The maximum absolute atomic E-state index is 10.4. The predicted molar refractivity (Wildman–Crippen MR) is 72.8 cm³/mol. The van der Waals surface area contributed by atoms with Gasteiger partial charge in [-0.3, -0.25) is 4.98 Å². The van der Waals surface area contributed by atoms with E-state index in [1.165, 1.54) is 0 Å². The molecule has 0 aromatic carbocycles. The molecule has 0 radical (unpaired) electrons. The van der Waals surface area contributed by atoms with Crippen LogP contribution >= 0.6 is 0 Å². The summed E-state index contributed by atoms with van der Waals surface area (Å²) in [5, 5.41) is 12.0. The lowest BCUT2D eigenvalue weighted by atomic mass is 10.1. The Hall–Kier alpha value is -2.40. The summed E-state index contributed by atoms with van der Waals surface area (Å²) in [6, 6.07) is 7.58. The highest BCUT2D eigenvalue weighted by molar-refractivity contribution is 5.73. The number of aryl methyl sites for hydroxylation is 1. The van der Waals surface area contributed by atoms with Crippen molar-refractivity contribution in [1.29, 1.82) is 0 Å². The van der Waals surface area contributed by atoms with Crippen LogP contribution in [0.1, 0.15) is 11.1 Å². The third-order valence-corrected chi connectivity index (χ3v) is 3.02. The molecule has 1 aliphatic rings. The molecule has 0 bridgehead atoms. The summed E-state index contributed by atoms with van der Waals surface area (Å²) in [5.41, 5.74) is 5.76. The molecule has 2 aromatic rings. The maximum atomic E-state index is 10.4. The van der Waals surface area contributed by atoms with Gasteiger partial charge in [0.05, 0.1) is 0 Å². The van der Waals surface area contributed by atoms with E-state index < -0.39 is 6.23 Å². The van der Waals surface area contributed by atoms with Crippen LogP contribution in [0.15, 0.2) is 49.1 Å². The average Bonchev–Trinajstić information content (AvgIpc) is 2.83. The molecule has 0 saturated heterocycles. The first-order valence-corrected chi connectivity index (χ1v) is 6.02. The molecule has 96 valence electrons. The van der Waals surface area contributed by atoms with Gasteiger partial charge >= 0.3 is 0 Å². The van der Waals surface area contributed by atoms with Crippen LogP contribution < -0.4 is 10.4 Å². The van der Waals surface area contributed by atoms with Crippen molar-refractivity contribution in [2.45, 2.75) is 13.2 Å². The molecule has 0 amide bonds. The second-order valence-electron chi connectivity index (χ2n) is 4.41. The van der Waals surface area contributed by atoms with E-state index in [9.17, 15) is 5.11 Å². The molecule has 1 atom stereocenters. The molecule has 5 nitrogen and oxygen atoms in total. The number of aromatic nitrogens is 2. The summed E-state index contributed by atoms with van der Waals surface area (Å²) < 4.78 is 0. The zero-order chi connectivity index (χ0) is 13.2. The molecule has 1 unspecified atom stereocenters. The smallest absolute Gasteiger partial charge is 0.175 e. The van der Waals surface area contributed by atoms with Gasteiger partial charge in [0.2, 0.25) is 0 Å².